The van der Waals surface area contributed by atoms with Gasteiger partial charge in [-0.1, -0.05) is 22.0 Å². The molecule has 1 aliphatic rings. The fourth-order valence-electron chi connectivity index (χ4n) is 1.29. The lowest BCUT2D eigenvalue weighted by Crippen LogP contribution is -2.03. The fraction of sp³-hybridized carbons (Fsp3) is 0.333. The minimum atomic E-state index is -0.745. The van der Waals surface area contributed by atoms with Crippen LogP contribution in [0.4, 0.5) is 0 Å². The van der Waals surface area contributed by atoms with Crippen molar-refractivity contribution < 1.29 is 10.2 Å². The molecule has 12 heavy (non-hydrogen) atoms. The minimum Gasteiger partial charge on any atom is -0.508 e. The molecule has 0 unspecified atom stereocenters. The van der Waals surface area contributed by atoms with Gasteiger partial charge in [0.05, 0.1) is 5.60 Å². The lowest BCUT2D eigenvalue weighted by atomic mass is 10.1. The number of hydrogen-bond acceptors (Lipinski definition) is 2. The van der Waals surface area contributed by atoms with Crippen molar-refractivity contribution >= 4 is 15.9 Å². The predicted molar refractivity (Wildman–Crippen MR) is 48.9 cm³/mol. The Morgan fingerprint density at radius 2 is 2.00 bits per heavy atom. The highest BCUT2D eigenvalue weighted by atomic mass is 79.9. The number of aromatic hydroxyl groups is 1. The summed E-state index contributed by atoms with van der Waals surface area (Å²) < 4.78 is 0.827. The van der Waals surface area contributed by atoms with Gasteiger partial charge in [-0.15, -0.1) is 0 Å². The van der Waals surface area contributed by atoms with Crippen LogP contribution in [0.3, 0.4) is 0 Å². The van der Waals surface area contributed by atoms with Crippen LogP contribution < -0.4 is 0 Å². The molecule has 64 valence electrons. The molecule has 0 heterocycles. The summed E-state index contributed by atoms with van der Waals surface area (Å²) in [7, 11) is 0. The van der Waals surface area contributed by atoms with Gasteiger partial charge in [0.2, 0.25) is 0 Å². The molecule has 3 heteroatoms. The Bertz CT molecular complexity index is 318. The zero-order chi connectivity index (χ0) is 8.77. The van der Waals surface area contributed by atoms with Gasteiger partial charge in [0.25, 0.3) is 0 Å². The number of phenolic OH excluding ortho intramolecular Hbond substituents is 1. The minimum absolute atomic E-state index is 0.171. The van der Waals surface area contributed by atoms with Crippen molar-refractivity contribution in [3.63, 3.8) is 0 Å². The van der Waals surface area contributed by atoms with Gasteiger partial charge in [0.15, 0.2) is 0 Å². The van der Waals surface area contributed by atoms with E-state index in [2.05, 4.69) is 15.9 Å². The summed E-state index contributed by atoms with van der Waals surface area (Å²) in [5.74, 6) is 0.171. The lowest BCUT2D eigenvalue weighted by molar-refractivity contribution is 0.148. The molecule has 0 spiro atoms. The molecule has 2 N–H and O–H groups in total. The Morgan fingerprint density at radius 3 is 2.50 bits per heavy atom. The Hall–Kier alpha value is -0.540. The molecule has 0 bridgehead atoms. The smallest absolute Gasteiger partial charge is 0.122 e. The molecule has 2 rings (SSSR count). The number of rotatable bonds is 1. The molecule has 1 aliphatic carbocycles. The third-order valence-corrected chi connectivity index (χ3v) is 2.68. The standard InChI is InChI=1S/C9H9BrO2/c10-6-1-2-7(8(11)5-6)9(12)3-4-9/h1-2,5,11-12H,3-4H2. The number of benzene rings is 1. The first-order valence-corrected chi connectivity index (χ1v) is 4.62. The molecular weight excluding hydrogens is 220 g/mol. The Labute approximate surface area is 79.0 Å². The van der Waals surface area contributed by atoms with E-state index in [1.54, 1.807) is 12.1 Å². The van der Waals surface area contributed by atoms with E-state index in [4.69, 9.17) is 0 Å². The molecule has 0 amide bonds. The SMILES string of the molecule is Oc1cc(Br)ccc1C1(O)CC1. The summed E-state index contributed by atoms with van der Waals surface area (Å²) in [6, 6.07) is 5.18. The van der Waals surface area contributed by atoms with Crippen molar-refractivity contribution in [3.8, 4) is 5.75 Å². The molecule has 1 fully saturated rings. The van der Waals surface area contributed by atoms with Gasteiger partial charge in [0.1, 0.15) is 5.75 Å². The van der Waals surface area contributed by atoms with E-state index < -0.39 is 5.60 Å². The maximum Gasteiger partial charge on any atom is 0.122 e. The van der Waals surface area contributed by atoms with Gasteiger partial charge >= 0.3 is 0 Å². The lowest BCUT2D eigenvalue weighted by Gasteiger charge is -2.09. The first kappa shape index (κ1) is 8.08. The van der Waals surface area contributed by atoms with Gasteiger partial charge in [-0.05, 0) is 25.0 Å². The molecule has 1 aromatic rings. The van der Waals surface area contributed by atoms with E-state index in [0.717, 1.165) is 17.3 Å². The molecule has 1 aromatic carbocycles. The number of phenols is 1. The van der Waals surface area contributed by atoms with E-state index in [0.29, 0.717) is 5.56 Å². The summed E-state index contributed by atoms with van der Waals surface area (Å²) in [5.41, 5.74) is -0.101. The summed E-state index contributed by atoms with van der Waals surface area (Å²) in [5, 5.41) is 19.2. The van der Waals surface area contributed by atoms with Crippen LogP contribution in [-0.2, 0) is 5.60 Å². The molecule has 0 aromatic heterocycles. The van der Waals surface area contributed by atoms with Crippen LogP contribution in [0.1, 0.15) is 18.4 Å². The first-order valence-electron chi connectivity index (χ1n) is 3.83. The largest absolute Gasteiger partial charge is 0.508 e. The zero-order valence-electron chi connectivity index (χ0n) is 6.42. The number of hydrogen-bond donors (Lipinski definition) is 2. The second-order valence-electron chi connectivity index (χ2n) is 3.19. The summed E-state index contributed by atoms with van der Waals surface area (Å²) in [6.07, 6.45) is 1.50. The zero-order valence-corrected chi connectivity index (χ0v) is 8.00. The van der Waals surface area contributed by atoms with Gasteiger partial charge in [-0.2, -0.15) is 0 Å². The Morgan fingerprint density at radius 1 is 1.33 bits per heavy atom. The molecule has 0 atom stereocenters. The van der Waals surface area contributed by atoms with Crippen LogP contribution in [0.5, 0.6) is 5.75 Å². The molecule has 2 nitrogen and oxygen atoms in total. The monoisotopic (exact) mass is 228 g/mol. The third kappa shape index (κ3) is 1.23. The van der Waals surface area contributed by atoms with Crippen LogP contribution in [0.2, 0.25) is 0 Å². The van der Waals surface area contributed by atoms with Gasteiger partial charge in [0, 0.05) is 10.0 Å². The summed E-state index contributed by atoms with van der Waals surface area (Å²) in [4.78, 5) is 0. The number of halogens is 1. The van der Waals surface area contributed by atoms with Crippen molar-refractivity contribution in [3.05, 3.63) is 28.2 Å². The molecule has 0 aliphatic heterocycles. The molecule has 0 radical (unpaired) electrons. The highest BCUT2D eigenvalue weighted by Crippen LogP contribution is 2.48. The second-order valence-corrected chi connectivity index (χ2v) is 4.11. The molecular formula is C9H9BrO2. The topological polar surface area (TPSA) is 40.5 Å². The number of aliphatic hydroxyl groups is 1. The van der Waals surface area contributed by atoms with Crippen molar-refractivity contribution in [1.82, 2.24) is 0 Å². The first-order chi connectivity index (χ1) is 5.62. The van der Waals surface area contributed by atoms with Crippen molar-refractivity contribution in [2.75, 3.05) is 0 Å². The normalized spacial score (nSPS) is 19.2. The predicted octanol–water partition coefficient (Wildman–Crippen LogP) is 2.14. The van der Waals surface area contributed by atoms with Crippen molar-refractivity contribution in [2.24, 2.45) is 0 Å². The highest BCUT2D eigenvalue weighted by molar-refractivity contribution is 9.10. The van der Waals surface area contributed by atoms with Crippen LogP contribution >= 0.6 is 15.9 Å². The van der Waals surface area contributed by atoms with Crippen LogP contribution in [0, 0.1) is 0 Å². The quantitative estimate of drug-likeness (QED) is 0.774. The summed E-state index contributed by atoms with van der Waals surface area (Å²) >= 11 is 3.24. The second kappa shape index (κ2) is 2.47. The van der Waals surface area contributed by atoms with Gasteiger partial charge in [-0.25, -0.2) is 0 Å². The Kier molecular flexibility index (Phi) is 1.66. The average molecular weight is 229 g/mol. The van der Waals surface area contributed by atoms with E-state index in [9.17, 15) is 10.2 Å². The average Bonchev–Trinajstić information content (AvgIpc) is 2.68. The van der Waals surface area contributed by atoms with Crippen LogP contribution in [-0.4, -0.2) is 10.2 Å². The van der Waals surface area contributed by atoms with E-state index in [1.807, 2.05) is 6.07 Å². The van der Waals surface area contributed by atoms with Crippen LogP contribution in [0.15, 0.2) is 22.7 Å². The maximum atomic E-state index is 9.70. The van der Waals surface area contributed by atoms with Crippen LogP contribution in [0.25, 0.3) is 0 Å². The van der Waals surface area contributed by atoms with E-state index in [1.165, 1.54) is 0 Å². The third-order valence-electron chi connectivity index (χ3n) is 2.18. The molecule has 0 saturated heterocycles. The molecule has 1 saturated carbocycles. The van der Waals surface area contributed by atoms with Crippen molar-refractivity contribution in [2.45, 2.75) is 18.4 Å². The summed E-state index contributed by atoms with van der Waals surface area (Å²) in [6.45, 7) is 0. The van der Waals surface area contributed by atoms with Crippen molar-refractivity contribution in [1.29, 1.82) is 0 Å². The highest BCUT2D eigenvalue weighted by Gasteiger charge is 2.43. The maximum absolute atomic E-state index is 9.70. The van der Waals surface area contributed by atoms with Gasteiger partial charge in [-0.3, -0.25) is 0 Å². The fourth-order valence-corrected chi connectivity index (χ4v) is 1.64. The van der Waals surface area contributed by atoms with E-state index >= 15 is 0 Å². The van der Waals surface area contributed by atoms with Gasteiger partial charge < -0.3 is 10.2 Å². The van der Waals surface area contributed by atoms with E-state index in [-0.39, 0.29) is 5.75 Å². The Balaban J connectivity index is 2.45.